The van der Waals surface area contributed by atoms with Crippen molar-refractivity contribution in [3.8, 4) is 0 Å². The lowest BCUT2D eigenvalue weighted by Gasteiger charge is -2.04. The van der Waals surface area contributed by atoms with Gasteiger partial charge in [-0.15, -0.1) is 10.2 Å². The normalized spacial score (nSPS) is 12.6. The molecule has 0 saturated heterocycles. The minimum atomic E-state index is 0.715. The highest BCUT2D eigenvalue weighted by molar-refractivity contribution is 6.31. The number of rotatable bonds is 0. The van der Waals surface area contributed by atoms with Gasteiger partial charge in [0.2, 0.25) is 0 Å². The molecule has 0 unspecified atom stereocenters. The zero-order chi connectivity index (χ0) is 6.27. The van der Waals surface area contributed by atoms with E-state index in [2.05, 4.69) is 10.2 Å². The van der Waals surface area contributed by atoms with Crippen LogP contribution in [0.1, 0.15) is 0 Å². The molecule has 0 bridgehead atoms. The molecule has 1 heterocycles. The van der Waals surface area contributed by atoms with Crippen molar-refractivity contribution in [1.29, 1.82) is 0 Å². The molecule has 0 N–H and O–H groups in total. The summed E-state index contributed by atoms with van der Waals surface area (Å²) in [6.07, 6.45) is 0. The first kappa shape index (κ1) is 4.94. The van der Waals surface area contributed by atoms with Crippen molar-refractivity contribution in [2.24, 2.45) is 10.2 Å². The predicted octanol–water partition coefficient (Wildman–Crippen LogP) is 3.07. The molecule has 2 nitrogen and oxygen atoms in total. The van der Waals surface area contributed by atoms with Gasteiger partial charge in [-0.25, -0.2) is 0 Å². The molecule has 0 aromatic heterocycles. The Kier molecular flexibility index (Phi) is 0.848. The highest BCUT2D eigenvalue weighted by Gasteiger charge is 2.07. The van der Waals surface area contributed by atoms with E-state index in [1.807, 2.05) is 6.07 Å². The lowest BCUT2D eigenvalue weighted by atomic mass is 10.2. The van der Waals surface area contributed by atoms with Gasteiger partial charge in [-0.05, 0) is 18.2 Å². The van der Waals surface area contributed by atoms with Crippen LogP contribution in [0.25, 0.3) is 0 Å². The van der Waals surface area contributed by atoms with Crippen molar-refractivity contribution >= 4 is 23.0 Å². The second kappa shape index (κ2) is 1.54. The first-order chi connectivity index (χ1) is 4.36. The van der Waals surface area contributed by atoms with Crippen LogP contribution < -0.4 is 0 Å². The van der Waals surface area contributed by atoms with Crippen molar-refractivity contribution in [3.05, 3.63) is 23.2 Å². The minimum absolute atomic E-state index is 0.715. The fourth-order valence-electron chi connectivity index (χ4n) is 0.724. The first-order valence-corrected chi connectivity index (χ1v) is 2.95. The van der Waals surface area contributed by atoms with Gasteiger partial charge in [0.05, 0.1) is 0 Å². The van der Waals surface area contributed by atoms with E-state index in [1.165, 1.54) is 0 Å². The second-order valence-corrected chi connectivity index (χ2v) is 2.27. The molecule has 1 aliphatic rings. The van der Waals surface area contributed by atoms with Gasteiger partial charge in [-0.2, -0.15) is 0 Å². The van der Waals surface area contributed by atoms with E-state index >= 15 is 0 Å². The van der Waals surface area contributed by atoms with E-state index in [0.29, 0.717) is 5.02 Å². The molecular formula is C6H3ClN2. The van der Waals surface area contributed by atoms with Crippen LogP contribution in [0.3, 0.4) is 0 Å². The fraction of sp³-hybridized carbons (Fsp3) is 0. The number of halogens is 1. The summed E-state index contributed by atoms with van der Waals surface area (Å²) in [7, 11) is 0. The number of hydrogen-bond acceptors (Lipinski definition) is 2. The van der Waals surface area contributed by atoms with Crippen LogP contribution in [0.4, 0.5) is 11.4 Å². The molecule has 1 aliphatic heterocycles. The molecule has 44 valence electrons. The number of hydrogen-bond donors (Lipinski definition) is 0. The fourth-order valence-corrected chi connectivity index (χ4v) is 0.891. The SMILES string of the molecule is Clc1ccc2c(c1)N=N2. The van der Waals surface area contributed by atoms with Gasteiger partial charge in [-0.3, -0.25) is 0 Å². The summed E-state index contributed by atoms with van der Waals surface area (Å²) < 4.78 is 0. The molecule has 0 saturated carbocycles. The molecule has 0 amide bonds. The van der Waals surface area contributed by atoms with Gasteiger partial charge >= 0.3 is 0 Å². The van der Waals surface area contributed by atoms with Crippen molar-refractivity contribution in [2.75, 3.05) is 0 Å². The van der Waals surface area contributed by atoms with Gasteiger partial charge < -0.3 is 0 Å². The van der Waals surface area contributed by atoms with Crippen molar-refractivity contribution in [2.45, 2.75) is 0 Å². The quantitative estimate of drug-likeness (QED) is 0.535. The summed E-state index contributed by atoms with van der Waals surface area (Å²) in [6, 6.07) is 5.45. The van der Waals surface area contributed by atoms with Gasteiger partial charge in [0.25, 0.3) is 0 Å². The molecule has 1 aromatic carbocycles. The summed E-state index contributed by atoms with van der Waals surface area (Å²) in [6.45, 7) is 0. The molecule has 0 aliphatic carbocycles. The van der Waals surface area contributed by atoms with E-state index < -0.39 is 0 Å². The maximum absolute atomic E-state index is 5.65. The Labute approximate surface area is 57.2 Å². The van der Waals surface area contributed by atoms with Crippen molar-refractivity contribution < 1.29 is 0 Å². The van der Waals surface area contributed by atoms with E-state index in [9.17, 15) is 0 Å². The van der Waals surface area contributed by atoms with E-state index in [4.69, 9.17) is 11.6 Å². The monoisotopic (exact) mass is 138 g/mol. The van der Waals surface area contributed by atoms with Gasteiger partial charge in [-0.1, -0.05) is 11.6 Å². The number of benzene rings is 1. The number of nitrogens with zero attached hydrogens (tertiary/aromatic N) is 2. The van der Waals surface area contributed by atoms with Crippen LogP contribution in [0.2, 0.25) is 5.02 Å². The minimum Gasteiger partial charge on any atom is -0.148 e. The van der Waals surface area contributed by atoms with Gasteiger partial charge in [0.15, 0.2) is 0 Å². The maximum Gasteiger partial charge on any atom is 0.115 e. The Balaban J connectivity index is 2.63. The highest BCUT2D eigenvalue weighted by Crippen LogP contribution is 2.38. The summed E-state index contributed by atoms with van der Waals surface area (Å²) in [5, 5.41) is 8.19. The van der Waals surface area contributed by atoms with E-state index in [-0.39, 0.29) is 0 Å². The van der Waals surface area contributed by atoms with Crippen molar-refractivity contribution in [1.82, 2.24) is 0 Å². The van der Waals surface area contributed by atoms with Crippen LogP contribution in [0, 0.1) is 0 Å². The third-order valence-corrected chi connectivity index (χ3v) is 1.44. The summed E-state index contributed by atoms with van der Waals surface area (Å²) >= 11 is 5.65. The topological polar surface area (TPSA) is 24.7 Å². The summed E-state index contributed by atoms with van der Waals surface area (Å²) in [4.78, 5) is 0. The molecule has 0 atom stereocenters. The van der Waals surface area contributed by atoms with Crippen LogP contribution in [0.5, 0.6) is 0 Å². The van der Waals surface area contributed by atoms with Crippen LogP contribution in [0.15, 0.2) is 28.4 Å². The maximum atomic E-state index is 5.65. The third-order valence-electron chi connectivity index (χ3n) is 1.20. The van der Waals surface area contributed by atoms with E-state index in [0.717, 1.165) is 11.4 Å². The Morgan fingerprint density at radius 1 is 1.11 bits per heavy atom. The molecule has 1 aromatic rings. The van der Waals surface area contributed by atoms with Crippen LogP contribution in [-0.2, 0) is 0 Å². The lowest BCUT2D eigenvalue weighted by Crippen LogP contribution is -1.74. The molecule has 2 rings (SSSR count). The standard InChI is InChI=1S/C6H3ClN2/c7-4-1-2-5-6(3-4)9-8-5/h1-3H. The Bertz CT molecular complexity index is 280. The zero-order valence-corrected chi connectivity index (χ0v) is 5.26. The van der Waals surface area contributed by atoms with Crippen molar-refractivity contribution in [3.63, 3.8) is 0 Å². The number of fused-ring (bicyclic) bond motifs is 1. The second-order valence-electron chi connectivity index (χ2n) is 1.83. The zero-order valence-electron chi connectivity index (χ0n) is 4.50. The third kappa shape index (κ3) is 0.634. The van der Waals surface area contributed by atoms with Gasteiger partial charge in [0.1, 0.15) is 11.4 Å². The number of azo groups is 1. The van der Waals surface area contributed by atoms with E-state index in [1.54, 1.807) is 12.1 Å². The molecule has 0 spiro atoms. The molecule has 9 heavy (non-hydrogen) atoms. The largest absolute Gasteiger partial charge is 0.148 e. The Hall–Kier alpha value is -0.890. The summed E-state index contributed by atoms with van der Waals surface area (Å²) in [5.74, 6) is 0. The molecule has 0 radical (unpaired) electrons. The lowest BCUT2D eigenvalue weighted by molar-refractivity contribution is 1.14. The smallest absolute Gasteiger partial charge is 0.115 e. The summed E-state index contributed by atoms with van der Waals surface area (Å²) in [5.41, 5.74) is 1.82. The van der Waals surface area contributed by atoms with Crippen LogP contribution in [-0.4, -0.2) is 0 Å². The average Bonchev–Trinajstić information content (AvgIpc) is 1.78. The highest BCUT2D eigenvalue weighted by atomic mass is 35.5. The first-order valence-electron chi connectivity index (χ1n) is 2.57. The predicted molar refractivity (Wildman–Crippen MR) is 35.6 cm³/mol. The van der Waals surface area contributed by atoms with Gasteiger partial charge in [0, 0.05) is 5.02 Å². The molecule has 3 heteroatoms. The average molecular weight is 139 g/mol. The Morgan fingerprint density at radius 2 is 1.89 bits per heavy atom. The Morgan fingerprint density at radius 3 is 2.33 bits per heavy atom. The molecule has 0 fully saturated rings. The van der Waals surface area contributed by atoms with Crippen LogP contribution >= 0.6 is 11.6 Å². The molecular weight excluding hydrogens is 136 g/mol.